The number of phenolic OH excluding ortho intramolecular Hbond substituents is 1. The van der Waals surface area contributed by atoms with Crippen LogP contribution in [0.4, 0.5) is 4.79 Å². The number of amides is 7. The second kappa shape index (κ2) is 24.2. The summed E-state index contributed by atoms with van der Waals surface area (Å²) in [5, 5.41) is 37.7. The highest BCUT2D eigenvalue weighted by Gasteiger charge is 2.37. The van der Waals surface area contributed by atoms with E-state index in [1.54, 1.807) is 42.6 Å². The summed E-state index contributed by atoms with van der Waals surface area (Å²) in [6.45, 7) is 7.59. The van der Waals surface area contributed by atoms with Crippen LogP contribution in [0.25, 0.3) is 10.9 Å². The lowest BCUT2D eigenvalue weighted by atomic mass is 9.97. The number of aromatic amines is 1. The Morgan fingerprint density at radius 2 is 1.39 bits per heavy atom. The molecule has 1 aliphatic rings. The van der Waals surface area contributed by atoms with Gasteiger partial charge in [-0.2, -0.15) is 0 Å². The van der Waals surface area contributed by atoms with Gasteiger partial charge in [0.2, 0.25) is 29.5 Å². The number of aromatic nitrogens is 1. The number of hydrogen-bond donors (Lipinski definition) is 9. The van der Waals surface area contributed by atoms with Gasteiger partial charge in [0.1, 0.15) is 42.0 Å². The highest BCUT2D eigenvalue weighted by Crippen LogP contribution is 2.31. The van der Waals surface area contributed by atoms with Crippen LogP contribution in [0.5, 0.6) is 5.75 Å². The Bertz CT molecular complexity index is 2360. The van der Waals surface area contributed by atoms with Crippen LogP contribution in [0, 0.1) is 11.8 Å². The van der Waals surface area contributed by atoms with E-state index in [0.717, 1.165) is 5.56 Å². The van der Waals surface area contributed by atoms with E-state index in [2.05, 4.69) is 36.9 Å². The number of hydrogen-bond acceptors (Lipinski definition) is 8. The van der Waals surface area contributed by atoms with Gasteiger partial charge in [-0.15, -0.1) is 0 Å². The van der Waals surface area contributed by atoms with E-state index in [0.29, 0.717) is 34.9 Å². The lowest BCUT2D eigenvalue weighted by Gasteiger charge is -2.33. The summed E-state index contributed by atoms with van der Waals surface area (Å²) in [6.07, 6.45) is 2.67. The fourth-order valence-electron chi connectivity index (χ4n) is 8.12. The normalized spacial score (nSPS) is 21.0. The molecule has 0 unspecified atom stereocenters. The molecule has 0 aliphatic carbocycles. The first-order valence-corrected chi connectivity index (χ1v) is 23.1. The van der Waals surface area contributed by atoms with Crippen molar-refractivity contribution in [3.63, 3.8) is 0 Å². The molecule has 7 amide bonds. The van der Waals surface area contributed by atoms with Crippen molar-refractivity contribution in [1.82, 2.24) is 41.8 Å². The number of urea groups is 1. The minimum atomic E-state index is -1.32. The molecule has 1 saturated heterocycles. The van der Waals surface area contributed by atoms with E-state index in [-0.39, 0.29) is 67.7 Å². The van der Waals surface area contributed by atoms with Gasteiger partial charge in [-0.3, -0.25) is 24.0 Å². The SMILES string of the molecule is CC(C)C[C@@H]1NC(=O)[C@H](NC(=O)N[C@@H](Cc2ccccc2)C(=O)O)CCCCNC(=O)[C@H](Cc2ccccc2)NC(=O)[C@H](Cc2c[nH]c3cc(Cl)c(O)cc23)N(C)C(=O)[C@H](CC(C)C)NC1=O. The van der Waals surface area contributed by atoms with E-state index >= 15 is 0 Å². The van der Waals surface area contributed by atoms with Crippen molar-refractivity contribution >= 4 is 64.0 Å². The van der Waals surface area contributed by atoms with E-state index in [9.17, 15) is 43.8 Å². The minimum Gasteiger partial charge on any atom is -0.506 e. The lowest BCUT2D eigenvalue weighted by Crippen LogP contribution is -2.60. The van der Waals surface area contributed by atoms with E-state index in [4.69, 9.17) is 11.6 Å². The number of carbonyl (C=O) groups excluding carboxylic acids is 6. The third kappa shape index (κ3) is 14.9. The summed E-state index contributed by atoms with van der Waals surface area (Å²) in [7, 11) is 1.45. The predicted octanol–water partition coefficient (Wildman–Crippen LogP) is 4.35. The number of likely N-dealkylation sites (N-methyl/N-ethyl adjacent to an activating group) is 1. The topological polar surface area (TPSA) is 251 Å². The Morgan fingerprint density at radius 3 is 2.03 bits per heavy atom. The molecule has 17 nitrogen and oxygen atoms in total. The van der Waals surface area contributed by atoms with Crippen LogP contribution >= 0.6 is 11.6 Å². The van der Waals surface area contributed by atoms with Gasteiger partial charge < -0.3 is 52.0 Å². The molecule has 9 N–H and O–H groups in total. The van der Waals surface area contributed by atoms with Crippen LogP contribution in [0.3, 0.4) is 0 Å². The third-order valence-corrected chi connectivity index (χ3v) is 12.0. The van der Waals surface area contributed by atoms with Crippen LogP contribution in [-0.2, 0) is 48.0 Å². The highest BCUT2D eigenvalue weighted by atomic mass is 35.5. The monoisotopic (exact) mass is 942 g/mol. The number of halogens is 1. The standard InChI is InChI=1S/C49H63ClN8O9/c1-28(2)20-37-45(62)55-39(21-29(3)4)47(64)58(5)41(24-32-27-52-36-26-34(50)42(59)25-33(32)36)46(63)54-38(22-30-14-8-6-9-15-30)43(60)51-19-13-12-18-35(44(61)53-37)56-49(67)57-40(48(65)66)23-31-16-10-7-11-17-31/h6-11,14-17,25-29,35,37-41,52,59H,12-13,18-24H2,1-5H3,(H,51,60)(H,53,61)(H,54,63)(H,55,62)(H,65,66)(H2,56,57,67)/t35-,37+,38+,39+,40+,41+/m1/s1. The number of nitrogens with zero attached hydrogens (tertiary/aromatic N) is 1. The van der Waals surface area contributed by atoms with Crippen LogP contribution < -0.4 is 31.9 Å². The number of aliphatic carboxylic acids is 1. The average molecular weight is 944 g/mol. The van der Waals surface area contributed by atoms with E-state index in [1.165, 1.54) is 18.0 Å². The zero-order valence-electron chi connectivity index (χ0n) is 38.6. The van der Waals surface area contributed by atoms with Crippen molar-refractivity contribution in [2.75, 3.05) is 13.6 Å². The zero-order chi connectivity index (χ0) is 48.8. The molecule has 5 rings (SSSR count). The molecule has 2 heterocycles. The van der Waals surface area contributed by atoms with Crippen molar-refractivity contribution < 1.29 is 43.8 Å². The van der Waals surface area contributed by atoms with Gasteiger partial charge in [-0.05, 0) is 72.8 Å². The number of phenols is 1. The molecule has 6 atom stereocenters. The van der Waals surface area contributed by atoms with E-state index < -0.39 is 77.8 Å². The number of carboxylic acids is 1. The van der Waals surface area contributed by atoms with Gasteiger partial charge in [0.25, 0.3) is 0 Å². The maximum absolute atomic E-state index is 14.8. The average Bonchev–Trinajstić information content (AvgIpc) is 3.66. The number of nitrogens with one attached hydrogen (secondary N) is 7. The summed E-state index contributed by atoms with van der Waals surface area (Å²) in [5.41, 5.74) is 2.58. The summed E-state index contributed by atoms with van der Waals surface area (Å²) < 4.78 is 0. The molecule has 0 saturated carbocycles. The lowest BCUT2D eigenvalue weighted by molar-refractivity contribution is -0.143. The molecule has 360 valence electrons. The van der Waals surface area contributed by atoms with Crippen LogP contribution in [0.1, 0.15) is 76.5 Å². The first-order valence-electron chi connectivity index (χ1n) is 22.7. The number of H-pyrrole nitrogens is 1. The van der Waals surface area contributed by atoms with Gasteiger partial charge in [-0.1, -0.05) is 100.0 Å². The fourth-order valence-corrected chi connectivity index (χ4v) is 8.29. The highest BCUT2D eigenvalue weighted by molar-refractivity contribution is 6.32. The number of benzene rings is 3. The number of fused-ring (bicyclic) bond motifs is 1. The first kappa shape index (κ1) is 51.4. The largest absolute Gasteiger partial charge is 0.506 e. The number of rotatable bonds is 13. The van der Waals surface area contributed by atoms with E-state index in [1.807, 2.05) is 58.0 Å². The van der Waals surface area contributed by atoms with Gasteiger partial charge in [0.15, 0.2) is 0 Å². The Kier molecular flexibility index (Phi) is 18.6. The van der Waals surface area contributed by atoms with Crippen molar-refractivity contribution in [2.45, 2.75) is 115 Å². The maximum Gasteiger partial charge on any atom is 0.326 e. The van der Waals surface area contributed by atoms with Crippen molar-refractivity contribution in [3.05, 3.63) is 101 Å². The molecular weight excluding hydrogens is 880 g/mol. The van der Waals surface area contributed by atoms with Gasteiger partial charge in [0, 0.05) is 50.0 Å². The Balaban J connectivity index is 1.50. The Morgan fingerprint density at radius 1 is 0.776 bits per heavy atom. The summed E-state index contributed by atoms with van der Waals surface area (Å²) in [6, 6.07) is 12.7. The first-order chi connectivity index (χ1) is 31.9. The molecular formula is C49H63ClN8O9. The van der Waals surface area contributed by atoms with Crippen molar-refractivity contribution in [2.24, 2.45) is 11.8 Å². The smallest absolute Gasteiger partial charge is 0.326 e. The summed E-state index contributed by atoms with van der Waals surface area (Å²) in [5.74, 6) is -4.81. The Hall–Kier alpha value is -6.62. The number of carbonyl (C=O) groups is 7. The molecule has 4 aromatic rings. The number of aromatic hydroxyl groups is 1. The Labute approximate surface area is 395 Å². The minimum absolute atomic E-state index is 0.0163. The van der Waals surface area contributed by atoms with Gasteiger partial charge >= 0.3 is 12.0 Å². The molecule has 3 aromatic carbocycles. The van der Waals surface area contributed by atoms with Crippen molar-refractivity contribution in [3.8, 4) is 5.75 Å². The van der Waals surface area contributed by atoms with Crippen LogP contribution in [0.15, 0.2) is 79.0 Å². The second-order valence-electron chi connectivity index (χ2n) is 18.0. The molecule has 1 aliphatic heterocycles. The van der Waals surface area contributed by atoms with Gasteiger partial charge in [-0.25, -0.2) is 9.59 Å². The zero-order valence-corrected chi connectivity index (χ0v) is 39.3. The molecule has 0 radical (unpaired) electrons. The predicted molar refractivity (Wildman–Crippen MR) is 254 cm³/mol. The summed E-state index contributed by atoms with van der Waals surface area (Å²) in [4.78, 5) is 102. The van der Waals surface area contributed by atoms with Crippen LogP contribution in [-0.4, -0.2) is 111 Å². The quantitative estimate of drug-likeness (QED) is 0.0923. The second-order valence-corrected chi connectivity index (χ2v) is 18.4. The molecule has 0 bridgehead atoms. The number of carboxylic acid groups (broad SMARTS) is 1. The van der Waals surface area contributed by atoms with Gasteiger partial charge in [0.05, 0.1) is 5.02 Å². The molecule has 67 heavy (non-hydrogen) atoms. The molecule has 1 fully saturated rings. The molecule has 18 heteroatoms. The molecule has 0 spiro atoms. The summed E-state index contributed by atoms with van der Waals surface area (Å²) >= 11 is 6.20. The van der Waals surface area contributed by atoms with Crippen molar-refractivity contribution in [1.29, 1.82) is 0 Å². The maximum atomic E-state index is 14.8. The third-order valence-electron chi connectivity index (χ3n) is 11.7. The fraction of sp³-hybridized carbons (Fsp3) is 0.449. The molecule has 1 aromatic heterocycles. The van der Waals surface area contributed by atoms with Crippen LogP contribution in [0.2, 0.25) is 5.02 Å².